The second-order valence-corrected chi connectivity index (χ2v) is 10.3. The predicted molar refractivity (Wildman–Crippen MR) is 131 cm³/mol. The monoisotopic (exact) mass is 507 g/mol. The van der Waals surface area contributed by atoms with Crippen molar-refractivity contribution in [3.05, 3.63) is 52.8 Å². The Morgan fingerprint density at radius 1 is 1.06 bits per heavy atom. The van der Waals surface area contributed by atoms with Crippen molar-refractivity contribution in [1.29, 1.82) is 0 Å². The lowest BCUT2D eigenvalue weighted by molar-refractivity contribution is 0.0998. The second kappa shape index (κ2) is 11.7. The van der Waals surface area contributed by atoms with Gasteiger partial charge in [0.1, 0.15) is 5.75 Å². The van der Waals surface area contributed by atoms with E-state index in [2.05, 4.69) is 4.99 Å². The molecule has 3 rings (SSSR count). The third-order valence-corrected chi connectivity index (χ3v) is 8.13. The van der Waals surface area contributed by atoms with Crippen molar-refractivity contribution in [1.82, 2.24) is 8.87 Å². The molecule has 9 nitrogen and oxygen atoms in total. The molecule has 0 spiro atoms. The normalized spacial score (nSPS) is 12.6. The highest BCUT2D eigenvalue weighted by Gasteiger charge is 2.24. The summed E-state index contributed by atoms with van der Waals surface area (Å²) in [5.41, 5.74) is 1.24. The molecule has 184 valence electrons. The van der Waals surface area contributed by atoms with Gasteiger partial charge in [0.15, 0.2) is 4.80 Å². The minimum absolute atomic E-state index is 0.0899. The van der Waals surface area contributed by atoms with Crippen molar-refractivity contribution in [2.24, 2.45) is 12.0 Å². The maximum Gasteiger partial charge on any atom is 0.279 e. The topological polar surface area (TPSA) is 99.4 Å². The van der Waals surface area contributed by atoms with Gasteiger partial charge in [-0.1, -0.05) is 11.3 Å². The number of nitrogens with zero attached hydrogens (tertiary/aromatic N) is 3. The van der Waals surface area contributed by atoms with Crippen LogP contribution in [0.1, 0.15) is 17.3 Å². The molecule has 0 unspecified atom stereocenters. The average Bonchev–Trinajstić information content (AvgIpc) is 3.13. The number of thiazole rings is 1. The number of hydrogen-bond donors (Lipinski definition) is 0. The van der Waals surface area contributed by atoms with E-state index >= 15 is 0 Å². The van der Waals surface area contributed by atoms with Crippen LogP contribution in [0.15, 0.2) is 52.4 Å². The van der Waals surface area contributed by atoms with Gasteiger partial charge in [0.25, 0.3) is 5.91 Å². The van der Waals surface area contributed by atoms with Crippen LogP contribution in [0.25, 0.3) is 10.2 Å². The highest BCUT2D eigenvalue weighted by molar-refractivity contribution is 7.89. The van der Waals surface area contributed by atoms with Crippen LogP contribution in [-0.4, -0.2) is 70.3 Å². The van der Waals surface area contributed by atoms with Gasteiger partial charge < -0.3 is 18.8 Å². The number of carbonyl (C=O) groups is 1. The molecule has 2 aromatic carbocycles. The summed E-state index contributed by atoms with van der Waals surface area (Å²) in [5.74, 6) is 0.309. The van der Waals surface area contributed by atoms with Crippen molar-refractivity contribution < 1.29 is 27.4 Å². The van der Waals surface area contributed by atoms with Gasteiger partial charge in [0.2, 0.25) is 10.0 Å². The summed E-state index contributed by atoms with van der Waals surface area (Å²) < 4.78 is 45.8. The third-order valence-electron chi connectivity index (χ3n) is 5.12. The number of methoxy groups -OCH3 is 2. The van der Waals surface area contributed by atoms with E-state index in [1.807, 2.05) is 36.7 Å². The van der Waals surface area contributed by atoms with Crippen molar-refractivity contribution in [3.63, 3.8) is 0 Å². The zero-order valence-corrected chi connectivity index (χ0v) is 21.3. The molecule has 34 heavy (non-hydrogen) atoms. The fourth-order valence-corrected chi connectivity index (χ4v) is 5.74. The Balaban J connectivity index is 1.86. The second-order valence-electron chi connectivity index (χ2n) is 7.34. The van der Waals surface area contributed by atoms with E-state index in [9.17, 15) is 13.2 Å². The van der Waals surface area contributed by atoms with E-state index in [4.69, 9.17) is 14.2 Å². The zero-order chi connectivity index (χ0) is 24.7. The van der Waals surface area contributed by atoms with Crippen LogP contribution in [0.2, 0.25) is 0 Å². The molecule has 0 saturated carbocycles. The lowest BCUT2D eigenvalue weighted by atomic mass is 10.2. The average molecular weight is 508 g/mol. The highest BCUT2D eigenvalue weighted by atomic mass is 32.2. The van der Waals surface area contributed by atoms with Crippen molar-refractivity contribution in [3.8, 4) is 5.75 Å². The molecule has 0 atom stereocenters. The van der Waals surface area contributed by atoms with E-state index in [1.165, 1.54) is 54.1 Å². The number of aromatic nitrogens is 1. The van der Waals surface area contributed by atoms with Crippen molar-refractivity contribution >= 4 is 37.5 Å². The maximum absolute atomic E-state index is 13.0. The molecule has 0 saturated heterocycles. The van der Waals surface area contributed by atoms with E-state index in [0.29, 0.717) is 17.0 Å². The van der Waals surface area contributed by atoms with Crippen LogP contribution in [0.3, 0.4) is 0 Å². The number of sulfonamides is 1. The number of rotatable bonds is 11. The third kappa shape index (κ3) is 5.91. The first-order valence-corrected chi connectivity index (χ1v) is 13.0. The first kappa shape index (κ1) is 26.0. The summed E-state index contributed by atoms with van der Waals surface area (Å²) in [7, 11) is 1.11. The molecule has 1 aromatic heterocycles. The first-order chi connectivity index (χ1) is 16.3. The largest absolute Gasteiger partial charge is 0.494 e. The van der Waals surface area contributed by atoms with E-state index in [0.717, 1.165) is 16.0 Å². The maximum atomic E-state index is 13.0. The summed E-state index contributed by atoms with van der Waals surface area (Å²) >= 11 is 1.38. The molecule has 1 amide bonds. The van der Waals surface area contributed by atoms with E-state index in [-0.39, 0.29) is 31.2 Å². The molecule has 0 aliphatic rings. The molecule has 0 aliphatic carbocycles. The lowest BCUT2D eigenvalue weighted by Crippen LogP contribution is -2.36. The smallest absolute Gasteiger partial charge is 0.279 e. The Kier molecular flexibility index (Phi) is 8.97. The standard InChI is InChI=1S/C23H29N3O6S2/c1-5-32-18-8-11-20-21(16-18)33-23(25(20)2)24-22(27)17-6-9-19(10-7-17)34(28,29)26(12-14-30-3)13-15-31-4/h6-11,16H,5,12-15H2,1-4H3. The van der Waals surface area contributed by atoms with E-state index < -0.39 is 15.9 Å². The van der Waals surface area contributed by atoms with Crippen molar-refractivity contribution in [2.75, 3.05) is 47.1 Å². The van der Waals surface area contributed by atoms with Crippen LogP contribution in [0.4, 0.5) is 0 Å². The minimum Gasteiger partial charge on any atom is -0.494 e. The number of carbonyl (C=O) groups excluding carboxylic acids is 1. The molecule has 0 aliphatic heterocycles. The van der Waals surface area contributed by atoms with Gasteiger partial charge in [-0.2, -0.15) is 9.30 Å². The Bertz CT molecular complexity index is 1290. The lowest BCUT2D eigenvalue weighted by Gasteiger charge is -2.21. The molecule has 0 fully saturated rings. The van der Waals surface area contributed by atoms with Gasteiger partial charge in [-0.3, -0.25) is 4.79 Å². The van der Waals surface area contributed by atoms with Gasteiger partial charge in [0.05, 0.1) is 34.9 Å². The number of fused-ring (bicyclic) bond motifs is 1. The number of ether oxygens (including phenoxy) is 3. The highest BCUT2D eigenvalue weighted by Crippen LogP contribution is 2.23. The van der Waals surface area contributed by atoms with Gasteiger partial charge in [-0.25, -0.2) is 8.42 Å². The number of hydrogen-bond acceptors (Lipinski definition) is 7. The molecule has 11 heteroatoms. The quantitative estimate of drug-likeness (QED) is 0.396. The number of aryl methyl sites for hydroxylation is 1. The van der Waals surface area contributed by atoms with Crippen LogP contribution < -0.4 is 9.54 Å². The summed E-state index contributed by atoms with van der Waals surface area (Å²) in [4.78, 5) is 17.7. The Hall–Kier alpha value is -2.57. The van der Waals surface area contributed by atoms with Crippen LogP contribution in [0, 0.1) is 0 Å². The number of amides is 1. The summed E-state index contributed by atoms with van der Waals surface area (Å²) in [5, 5.41) is 0. The fraction of sp³-hybridized carbons (Fsp3) is 0.391. The van der Waals surface area contributed by atoms with Gasteiger partial charge >= 0.3 is 0 Å². The van der Waals surface area contributed by atoms with Gasteiger partial charge in [-0.15, -0.1) is 0 Å². The van der Waals surface area contributed by atoms with Crippen LogP contribution >= 0.6 is 11.3 Å². The van der Waals surface area contributed by atoms with E-state index in [1.54, 1.807) is 0 Å². The fourth-order valence-electron chi connectivity index (χ4n) is 3.29. The van der Waals surface area contributed by atoms with Crippen LogP contribution in [-0.2, 0) is 26.5 Å². The minimum atomic E-state index is -3.76. The molecule has 3 aromatic rings. The Labute approximate surface area is 203 Å². The van der Waals surface area contributed by atoms with Crippen molar-refractivity contribution in [2.45, 2.75) is 11.8 Å². The number of benzene rings is 2. The molecular formula is C23H29N3O6S2. The first-order valence-electron chi connectivity index (χ1n) is 10.7. The molecule has 0 N–H and O–H groups in total. The molecule has 0 radical (unpaired) electrons. The molecular weight excluding hydrogens is 478 g/mol. The SMILES string of the molecule is CCOc1ccc2c(c1)sc(=NC(=O)c1ccc(S(=O)(=O)N(CCOC)CCOC)cc1)n2C. The van der Waals surface area contributed by atoms with Crippen LogP contribution in [0.5, 0.6) is 5.75 Å². The Morgan fingerprint density at radius 2 is 1.71 bits per heavy atom. The summed E-state index contributed by atoms with van der Waals surface area (Å²) in [6, 6.07) is 11.5. The van der Waals surface area contributed by atoms with Gasteiger partial charge in [-0.05, 0) is 49.4 Å². The Morgan fingerprint density at radius 3 is 2.29 bits per heavy atom. The summed E-state index contributed by atoms with van der Waals surface area (Å²) in [6.45, 7) is 3.41. The predicted octanol–water partition coefficient (Wildman–Crippen LogP) is 2.66. The molecule has 0 bridgehead atoms. The zero-order valence-electron chi connectivity index (χ0n) is 19.7. The molecule has 1 heterocycles. The summed E-state index contributed by atoms with van der Waals surface area (Å²) in [6.07, 6.45) is 0. The van der Waals surface area contributed by atoms with Gasteiger partial charge in [0, 0.05) is 39.9 Å².